The molecule has 0 heterocycles. The van der Waals surface area contributed by atoms with E-state index >= 15 is 0 Å². The van der Waals surface area contributed by atoms with Crippen molar-refractivity contribution in [3.63, 3.8) is 0 Å². The molecule has 0 radical (unpaired) electrons. The summed E-state index contributed by atoms with van der Waals surface area (Å²) in [5.74, 6) is 0. The van der Waals surface area contributed by atoms with E-state index in [2.05, 4.69) is 42.1 Å². The molecule has 0 amide bonds. The van der Waals surface area contributed by atoms with Crippen molar-refractivity contribution in [2.24, 2.45) is 16.0 Å². The fourth-order valence-corrected chi connectivity index (χ4v) is 2.00. The number of halogens is 2. The van der Waals surface area contributed by atoms with Crippen molar-refractivity contribution >= 4 is 37.5 Å². The normalized spacial score (nSPS) is 28.4. The highest BCUT2D eigenvalue weighted by atomic mass is 79.9. The van der Waals surface area contributed by atoms with E-state index in [0.717, 1.165) is 11.4 Å². The quantitative estimate of drug-likeness (QED) is 0.485. The van der Waals surface area contributed by atoms with Gasteiger partial charge in [-0.25, -0.2) is 0 Å². The summed E-state index contributed by atoms with van der Waals surface area (Å²) in [4.78, 5) is -0.00952. The maximum atomic E-state index is 5.96. The third kappa shape index (κ3) is 3.34. The number of hydrogen-bond acceptors (Lipinski definition) is 3. The summed E-state index contributed by atoms with van der Waals surface area (Å²) in [7, 11) is 0. The highest BCUT2D eigenvalue weighted by molar-refractivity contribution is 9.12. The summed E-state index contributed by atoms with van der Waals surface area (Å²) in [6.45, 7) is 0. The van der Waals surface area contributed by atoms with Gasteiger partial charge in [0.15, 0.2) is 0 Å². The lowest BCUT2D eigenvalue weighted by Gasteiger charge is -2.25. The number of benzene rings is 1. The van der Waals surface area contributed by atoms with Crippen LogP contribution in [0.15, 0.2) is 64.5 Å². The van der Waals surface area contributed by atoms with Crippen LogP contribution in [-0.2, 0) is 0 Å². The van der Waals surface area contributed by atoms with Gasteiger partial charge >= 0.3 is 0 Å². The molecule has 2 N–H and O–H groups in total. The number of nitrogens with two attached hydrogens (primary N) is 1. The monoisotopic (exact) mass is 355 g/mol. The molecule has 17 heavy (non-hydrogen) atoms. The first-order chi connectivity index (χ1) is 8.08. The SMILES string of the molecule is NC1(Br)C=CC(N=Nc2ccccc2)=CC1Br. The van der Waals surface area contributed by atoms with Crippen LogP contribution < -0.4 is 5.73 Å². The molecule has 1 aliphatic carbocycles. The van der Waals surface area contributed by atoms with E-state index in [1.807, 2.05) is 48.6 Å². The second-order valence-electron chi connectivity index (χ2n) is 3.69. The van der Waals surface area contributed by atoms with E-state index in [9.17, 15) is 0 Å². The Kier molecular flexibility index (Phi) is 3.91. The Hall–Kier alpha value is -0.780. The number of hydrogen-bond donors (Lipinski definition) is 1. The van der Waals surface area contributed by atoms with Crippen LogP contribution >= 0.6 is 31.9 Å². The molecular formula is C12H11Br2N3. The van der Waals surface area contributed by atoms with Crippen LogP contribution in [0.2, 0.25) is 0 Å². The lowest BCUT2D eigenvalue weighted by Crippen LogP contribution is -2.40. The maximum absolute atomic E-state index is 5.96. The molecular weight excluding hydrogens is 346 g/mol. The Labute approximate surface area is 117 Å². The average Bonchev–Trinajstić information content (AvgIpc) is 2.32. The predicted molar refractivity (Wildman–Crippen MR) is 76.7 cm³/mol. The lowest BCUT2D eigenvalue weighted by atomic mass is 10.1. The van der Waals surface area contributed by atoms with Crippen molar-refractivity contribution in [1.29, 1.82) is 0 Å². The smallest absolute Gasteiger partial charge is 0.107 e. The van der Waals surface area contributed by atoms with E-state index in [1.54, 1.807) is 0 Å². The highest BCUT2D eigenvalue weighted by Crippen LogP contribution is 2.31. The van der Waals surface area contributed by atoms with Gasteiger partial charge in [-0.1, -0.05) is 56.1 Å². The van der Waals surface area contributed by atoms with Gasteiger partial charge in [0.1, 0.15) is 4.45 Å². The summed E-state index contributed by atoms with van der Waals surface area (Å²) < 4.78 is -0.557. The van der Waals surface area contributed by atoms with E-state index in [1.165, 1.54) is 0 Å². The van der Waals surface area contributed by atoms with Crippen LogP contribution in [0.5, 0.6) is 0 Å². The van der Waals surface area contributed by atoms with Gasteiger partial charge in [0.05, 0.1) is 16.2 Å². The molecule has 2 unspecified atom stereocenters. The maximum Gasteiger partial charge on any atom is 0.107 e. The van der Waals surface area contributed by atoms with Gasteiger partial charge in [0, 0.05) is 0 Å². The highest BCUT2D eigenvalue weighted by Gasteiger charge is 2.28. The van der Waals surface area contributed by atoms with Crippen molar-refractivity contribution in [3.05, 3.63) is 54.3 Å². The zero-order valence-electron chi connectivity index (χ0n) is 8.92. The zero-order chi connectivity index (χ0) is 12.3. The van der Waals surface area contributed by atoms with Crippen molar-refractivity contribution < 1.29 is 0 Å². The Bertz CT molecular complexity index is 478. The van der Waals surface area contributed by atoms with Crippen LogP contribution in [0.25, 0.3) is 0 Å². The van der Waals surface area contributed by atoms with Gasteiger partial charge in [-0.3, -0.25) is 0 Å². The minimum atomic E-state index is -0.557. The molecule has 5 heteroatoms. The molecule has 0 fully saturated rings. The van der Waals surface area contributed by atoms with Gasteiger partial charge in [0.2, 0.25) is 0 Å². The Morgan fingerprint density at radius 1 is 1.18 bits per heavy atom. The van der Waals surface area contributed by atoms with Crippen molar-refractivity contribution in [1.82, 2.24) is 0 Å². The molecule has 88 valence electrons. The fraction of sp³-hybridized carbons (Fsp3) is 0.167. The molecule has 1 aliphatic rings. The van der Waals surface area contributed by atoms with Gasteiger partial charge < -0.3 is 5.73 Å². The molecule has 0 bridgehead atoms. The number of azo groups is 1. The third-order valence-electron chi connectivity index (χ3n) is 2.29. The van der Waals surface area contributed by atoms with Crippen LogP contribution in [0.4, 0.5) is 5.69 Å². The molecule has 0 aromatic heterocycles. The average molecular weight is 357 g/mol. The summed E-state index contributed by atoms with van der Waals surface area (Å²) in [6, 6.07) is 9.60. The van der Waals surface area contributed by atoms with E-state index in [-0.39, 0.29) is 4.83 Å². The van der Waals surface area contributed by atoms with Crippen LogP contribution in [0.1, 0.15) is 0 Å². The van der Waals surface area contributed by atoms with Gasteiger partial charge in [-0.2, -0.15) is 10.2 Å². The first-order valence-corrected chi connectivity index (χ1v) is 6.78. The topological polar surface area (TPSA) is 50.7 Å². The predicted octanol–water partition coefficient (Wildman–Crippen LogP) is 4.04. The van der Waals surface area contributed by atoms with E-state index in [0.29, 0.717) is 0 Å². The third-order valence-corrected chi connectivity index (χ3v) is 4.68. The first-order valence-electron chi connectivity index (χ1n) is 5.08. The summed E-state index contributed by atoms with van der Waals surface area (Å²) in [5.41, 5.74) is 7.58. The second-order valence-corrected chi connectivity index (χ2v) is 6.05. The number of alkyl halides is 2. The van der Waals surface area contributed by atoms with Crippen LogP contribution in [-0.4, -0.2) is 9.28 Å². The first kappa shape index (κ1) is 12.7. The van der Waals surface area contributed by atoms with Gasteiger partial charge in [0.25, 0.3) is 0 Å². The molecule has 1 aromatic carbocycles. The Morgan fingerprint density at radius 3 is 2.53 bits per heavy atom. The minimum Gasteiger partial charge on any atom is -0.312 e. The molecule has 2 atom stereocenters. The molecule has 3 nitrogen and oxygen atoms in total. The number of nitrogens with zero attached hydrogens (tertiary/aromatic N) is 2. The zero-order valence-corrected chi connectivity index (χ0v) is 12.1. The standard InChI is InChI=1S/C12H11Br2N3/c13-11-8-10(6-7-12(11,14)15)17-16-9-4-2-1-3-5-9/h1-8,11H,15H2. The second kappa shape index (κ2) is 5.25. The van der Waals surface area contributed by atoms with Crippen molar-refractivity contribution in [2.75, 3.05) is 0 Å². The van der Waals surface area contributed by atoms with Gasteiger partial charge in [-0.05, 0) is 24.3 Å². The molecule has 2 rings (SSSR count). The van der Waals surface area contributed by atoms with Gasteiger partial charge in [-0.15, -0.1) is 0 Å². The Balaban J connectivity index is 2.12. The summed E-state index contributed by atoms with van der Waals surface area (Å²) in [5, 5.41) is 8.30. The molecule has 0 aliphatic heterocycles. The van der Waals surface area contributed by atoms with Crippen molar-refractivity contribution in [2.45, 2.75) is 9.28 Å². The Morgan fingerprint density at radius 2 is 1.88 bits per heavy atom. The fourth-order valence-electron chi connectivity index (χ4n) is 1.32. The number of rotatable bonds is 2. The summed E-state index contributed by atoms with van der Waals surface area (Å²) >= 11 is 6.88. The van der Waals surface area contributed by atoms with Crippen LogP contribution in [0.3, 0.4) is 0 Å². The van der Waals surface area contributed by atoms with E-state index < -0.39 is 4.45 Å². The van der Waals surface area contributed by atoms with Crippen molar-refractivity contribution in [3.8, 4) is 0 Å². The van der Waals surface area contributed by atoms with Crippen LogP contribution in [0, 0.1) is 0 Å². The summed E-state index contributed by atoms with van der Waals surface area (Å²) in [6.07, 6.45) is 5.62. The minimum absolute atomic E-state index is 0.00952. The number of allylic oxidation sites excluding steroid dienone is 1. The largest absolute Gasteiger partial charge is 0.312 e. The molecule has 0 spiro atoms. The molecule has 0 saturated heterocycles. The lowest BCUT2D eigenvalue weighted by molar-refractivity contribution is 0.789. The molecule has 1 aromatic rings. The van der Waals surface area contributed by atoms with E-state index in [4.69, 9.17) is 5.73 Å². The molecule has 0 saturated carbocycles.